The molecule has 0 heterocycles. The molecule has 0 aliphatic carbocycles. The predicted molar refractivity (Wildman–Crippen MR) is 108 cm³/mol. The SMILES string of the molecule is Cc1cc(Cl)ccc1OCCC(=O)[O-].Cc1cc(Cl)ccc1OCCC(=O)[O-].[Mg+2]. The first-order valence-electron chi connectivity index (χ1n) is 8.36. The van der Waals surface area contributed by atoms with Gasteiger partial charge in [0.05, 0.1) is 13.2 Å². The normalized spacial score (nSPS) is 9.52. The van der Waals surface area contributed by atoms with Crippen molar-refractivity contribution in [3.05, 3.63) is 57.6 Å². The molecule has 0 radical (unpaired) electrons. The van der Waals surface area contributed by atoms with Gasteiger partial charge in [-0.3, -0.25) is 0 Å². The maximum atomic E-state index is 10.1. The van der Waals surface area contributed by atoms with Crippen LogP contribution in [0.2, 0.25) is 10.0 Å². The monoisotopic (exact) mass is 450 g/mol. The Morgan fingerprint density at radius 1 is 0.793 bits per heavy atom. The molecule has 6 nitrogen and oxygen atoms in total. The summed E-state index contributed by atoms with van der Waals surface area (Å²) in [6.45, 7) is 3.93. The quantitative estimate of drug-likeness (QED) is 0.569. The molecule has 0 saturated heterocycles. The molecule has 0 aliphatic rings. The maximum Gasteiger partial charge on any atom is 2.00 e. The summed E-state index contributed by atoms with van der Waals surface area (Å²) < 4.78 is 10.4. The molecule has 29 heavy (non-hydrogen) atoms. The zero-order chi connectivity index (χ0) is 21.1. The van der Waals surface area contributed by atoms with Crippen molar-refractivity contribution in [2.45, 2.75) is 26.7 Å². The number of aliphatic carboxylic acids is 2. The first-order valence-corrected chi connectivity index (χ1v) is 9.12. The van der Waals surface area contributed by atoms with Gasteiger partial charge in [-0.25, -0.2) is 0 Å². The minimum Gasteiger partial charge on any atom is -0.550 e. The van der Waals surface area contributed by atoms with E-state index in [4.69, 9.17) is 32.7 Å². The van der Waals surface area contributed by atoms with E-state index in [-0.39, 0.29) is 49.1 Å². The summed E-state index contributed by atoms with van der Waals surface area (Å²) in [5, 5.41) is 21.5. The minimum atomic E-state index is -1.11. The van der Waals surface area contributed by atoms with Gasteiger partial charge in [0.25, 0.3) is 0 Å². The summed E-state index contributed by atoms with van der Waals surface area (Å²) >= 11 is 11.5. The van der Waals surface area contributed by atoms with Gasteiger partial charge in [-0.15, -0.1) is 0 Å². The van der Waals surface area contributed by atoms with Gasteiger partial charge < -0.3 is 29.3 Å². The van der Waals surface area contributed by atoms with E-state index in [0.29, 0.717) is 21.5 Å². The van der Waals surface area contributed by atoms with Crippen LogP contribution >= 0.6 is 23.2 Å². The van der Waals surface area contributed by atoms with Crippen LogP contribution in [0.5, 0.6) is 11.5 Å². The standard InChI is InChI=1S/2C10H11ClO3.Mg/c2*1-7-6-8(11)2-3-9(7)14-5-4-10(12)13;/h2*2-3,6H,4-5H2,1H3,(H,12,13);/q;;+2/p-2. The Morgan fingerprint density at radius 2 is 1.14 bits per heavy atom. The Bertz CT molecular complexity index is 746. The van der Waals surface area contributed by atoms with Crippen molar-refractivity contribution in [3.63, 3.8) is 0 Å². The van der Waals surface area contributed by atoms with Crippen molar-refractivity contribution in [2.75, 3.05) is 13.2 Å². The Morgan fingerprint density at radius 3 is 1.41 bits per heavy atom. The number of benzene rings is 2. The van der Waals surface area contributed by atoms with E-state index in [9.17, 15) is 19.8 Å². The smallest absolute Gasteiger partial charge is 0.550 e. The van der Waals surface area contributed by atoms with Crippen molar-refractivity contribution < 1.29 is 29.3 Å². The van der Waals surface area contributed by atoms with Gasteiger partial charge in [-0.1, -0.05) is 23.2 Å². The van der Waals surface area contributed by atoms with Gasteiger partial charge in [-0.05, 0) is 61.4 Å². The second-order valence-electron chi connectivity index (χ2n) is 5.76. The molecule has 0 aliphatic heterocycles. The van der Waals surface area contributed by atoms with E-state index in [2.05, 4.69) is 0 Å². The molecule has 2 rings (SSSR count). The molecule has 0 unspecified atom stereocenters. The van der Waals surface area contributed by atoms with E-state index < -0.39 is 11.9 Å². The third-order valence-electron chi connectivity index (χ3n) is 3.40. The van der Waals surface area contributed by atoms with Gasteiger partial charge in [-0.2, -0.15) is 0 Å². The first-order chi connectivity index (χ1) is 13.2. The first kappa shape index (κ1) is 27.3. The molecule has 0 atom stereocenters. The molecular weight excluding hydrogens is 431 g/mol. The van der Waals surface area contributed by atoms with Crippen LogP contribution in [0.3, 0.4) is 0 Å². The van der Waals surface area contributed by atoms with Gasteiger partial charge in [0.1, 0.15) is 11.5 Å². The topological polar surface area (TPSA) is 98.7 Å². The van der Waals surface area contributed by atoms with Crippen molar-refractivity contribution >= 4 is 58.2 Å². The van der Waals surface area contributed by atoms with Crippen LogP contribution in [0.15, 0.2) is 36.4 Å². The summed E-state index contributed by atoms with van der Waals surface area (Å²) in [7, 11) is 0. The van der Waals surface area contributed by atoms with E-state index in [1.165, 1.54) is 0 Å². The van der Waals surface area contributed by atoms with Gasteiger partial charge in [0.2, 0.25) is 0 Å². The van der Waals surface area contributed by atoms with Crippen LogP contribution in [0.25, 0.3) is 0 Å². The zero-order valence-electron chi connectivity index (χ0n) is 16.2. The van der Waals surface area contributed by atoms with E-state index in [1.807, 2.05) is 13.8 Å². The third kappa shape index (κ3) is 11.8. The van der Waals surface area contributed by atoms with Crippen LogP contribution in [0.4, 0.5) is 0 Å². The molecule has 152 valence electrons. The summed E-state index contributed by atoms with van der Waals surface area (Å²) in [5.74, 6) is -0.931. The average molecular weight is 452 g/mol. The Labute approximate surface area is 195 Å². The fourth-order valence-corrected chi connectivity index (χ4v) is 2.49. The molecule has 0 bridgehead atoms. The number of hydrogen-bond acceptors (Lipinski definition) is 6. The van der Waals surface area contributed by atoms with E-state index >= 15 is 0 Å². The largest absolute Gasteiger partial charge is 2.00 e. The predicted octanol–water partition coefficient (Wildman–Crippen LogP) is 1.95. The number of aryl methyl sites for hydroxylation is 2. The second-order valence-corrected chi connectivity index (χ2v) is 6.63. The fourth-order valence-electron chi connectivity index (χ4n) is 2.04. The Hall–Kier alpha value is -1.67. The number of carbonyl (C=O) groups is 2. The number of carboxylic acid groups (broad SMARTS) is 2. The van der Waals surface area contributed by atoms with Gasteiger partial charge >= 0.3 is 23.1 Å². The molecule has 0 saturated carbocycles. The second kappa shape index (κ2) is 14.3. The fraction of sp³-hybridized carbons (Fsp3) is 0.300. The Balaban J connectivity index is 0.000000523. The van der Waals surface area contributed by atoms with Gasteiger partial charge in [0, 0.05) is 34.8 Å². The summed E-state index contributed by atoms with van der Waals surface area (Å²) in [6, 6.07) is 10.3. The average Bonchev–Trinajstić information content (AvgIpc) is 2.59. The summed E-state index contributed by atoms with van der Waals surface area (Å²) in [4.78, 5) is 20.2. The van der Waals surface area contributed by atoms with Crippen molar-refractivity contribution in [2.24, 2.45) is 0 Å². The number of ether oxygens (including phenoxy) is 2. The van der Waals surface area contributed by atoms with Crippen molar-refractivity contribution in [1.82, 2.24) is 0 Å². The van der Waals surface area contributed by atoms with Gasteiger partial charge in [0.15, 0.2) is 0 Å². The van der Waals surface area contributed by atoms with Crippen LogP contribution in [-0.4, -0.2) is 48.2 Å². The van der Waals surface area contributed by atoms with E-state index in [0.717, 1.165) is 11.1 Å². The summed E-state index contributed by atoms with van der Waals surface area (Å²) in [6.07, 6.45) is -0.218. The number of carboxylic acids is 2. The number of halogens is 2. The maximum absolute atomic E-state index is 10.1. The minimum absolute atomic E-state index is 0. The Kier molecular flexibility index (Phi) is 13.5. The van der Waals surface area contributed by atoms with Crippen LogP contribution in [0, 0.1) is 13.8 Å². The number of rotatable bonds is 8. The molecule has 0 fully saturated rings. The molecule has 0 aromatic heterocycles. The third-order valence-corrected chi connectivity index (χ3v) is 3.87. The molecule has 0 amide bonds. The number of hydrogen-bond donors (Lipinski definition) is 0. The summed E-state index contributed by atoms with van der Waals surface area (Å²) in [5.41, 5.74) is 1.77. The molecular formula is C20H20Cl2MgO6. The molecule has 2 aromatic rings. The van der Waals surface area contributed by atoms with Crippen molar-refractivity contribution in [1.29, 1.82) is 0 Å². The molecule has 9 heteroatoms. The van der Waals surface area contributed by atoms with E-state index in [1.54, 1.807) is 36.4 Å². The number of carbonyl (C=O) groups excluding carboxylic acids is 2. The van der Waals surface area contributed by atoms with Crippen LogP contribution in [-0.2, 0) is 9.59 Å². The van der Waals surface area contributed by atoms with Crippen LogP contribution in [0.1, 0.15) is 24.0 Å². The molecule has 2 aromatic carbocycles. The zero-order valence-corrected chi connectivity index (χ0v) is 19.1. The molecule has 0 spiro atoms. The van der Waals surface area contributed by atoms with Crippen molar-refractivity contribution in [3.8, 4) is 11.5 Å². The molecule has 0 N–H and O–H groups in total. The van der Waals surface area contributed by atoms with Crippen LogP contribution < -0.4 is 19.7 Å².